The fourth-order valence-electron chi connectivity index (χ4n) is 4.07. The Labute approximate surface area is 189 Å². The second-order valence-corrected chi connectivity index (χ2v) is 8.08. The van der Waals surface area contributed by atoms with E-state index in [1.807, 2.05) is 12.1 Å². The Bertz CT molecular complexity index is 1380. The van der Waals surface area contributed by atoms with Gasteiger partial charge in [0.25, 0.3) is 5.91 Å². The third-order valence-electron chi connectivity index (χ3n) is 5.82. The average Bonchev–Trinajstić information content (AvgIpc) is 3.28. The molecule has 0 saturated heterocycles. The van der Waals surface area contributed by atoms with E-state index in [9.17, 15) is 14.4 Å². The van der Waals surface area contributed by atoms with Crippen molar-refractivity contribution in [1.29, 1.82) is 0 Å². The molecule has 166 valence electrons. The van der Waals surface area contributed by atoms with E-state index in [1.165, 1.54) is 19.0 Å². The number of hydrogen-bond acceptors (Lipinski definition) is 4. The summed E-state index contributed by atoms with van der Waals surface area (Å²) >= 11 is 0. The number of hydrogen-bond donors (Lipinski definition) is 3. The maximum Gasteiger partial charge on any atom is 0.257 e. The molecule has 0 aliphatic carbocycles. The molecular weight excluding hydrogens is 418 g/mol. The molecule has 8 nitrogen and oxygen atoms in total. The number of nitrogens with zero attached hydrogens (tertiary/aromatic N) is 2. The van der Waals surface area contributed by atoms with Crippen molar-refractivity contribution >= 4 is 28.4 Å². The van der Waals surface area contributed by atoms with Crippen LogP contribution in [0.25, 0.3) is 22.2 Å². The first kappa shape index (κ1) is 20.7. The van der Waals surface area contributed by atoms with Crippen LogP contribution in [0.5, 0.6) is 0 Å². The number of H-pyrrole nitrogens is 1. The van der Waals surface area contributed by atoms with Crippen molar-refractivity contribution in [2.24, 2.45) is 0 Å². The number of anilines is 1. The van der Waals surface area contributed by atoms with E-state index in [2.05, 4.69) is 26.4 Å². The number of aryl methyl sites for hydroxylation is 2. The lowest BCUT2D eigenvalue weighted by Gasteiger charge is -2.11. The molecule has 0 spiro atoms. The zero-order chi connectivity index (χ0) is 22.8. The average molecular weight is 441 g/mol. The lowest BCUT2D eigenvalue weighted by molar-refractivity contribution is -0.115. The minimum atomic E-state index is -0.601. The molecule has 2 aromatic carbocycles. The Morgan fingerprint density at radius 3 is 2.70 bits per heavy atom. The maximum atomic E-state index is 12.5. The molecule has 1 aliphatic heterocycles. The fraction of sp³-hybridized carbons (Fsp3) is 0.200. The first-order chi connectivity index (χ1) is 16.1. The Hall–Kier alpha value is -4.20. The number of pyridine rings is 1. The molecule has 5 rings (SSSR count). The van der Waals surface area contributed by atoms with Crippen molar-refractivity contribution in [1.82, 2.24) is 19.9 Å². The summed E-state index contributed by atoms with van der Waals surface area (Å²) in [5, 5.41) is 5.69. The lowest BCUT2D eigenvalue weighted by Crippen LogP contribution is -2.35. The van der Waals surface area contributed by atoms with Gasteiger partial charge in [-0.15, -0.1) is 0 Å². The molecule has 0 radical (unpaired) electrons. The van der Waals surface area contributed by atoms with Crippen molar-refractivity contribution in [3.8, 4) is 11.3 Å². The number of aromatic amines is 1. The van der Waals surface area contributed by atoms with Crippen LogP contribution in [0.2, 0.25) is 0 Å². The predicted molar refractivity (Wildman–Crippen MR) is 126 cm³/mol. The van der Waals surface area contributed by atoms with E-state index < -0.39 is 5.91 Å². The Morgan fingerprint density at radius 1 is 1.06 bits per heavy atom. The highest BCUT2D eigenvalue weighted by Gasteiger charge is 2.15. The van der Waals surface area contributed by atoms with Gasteiger partial charge < -0.3 is 20.2 Å². The van der Waals surface area contributed by atoms with E-state index in [0.717, 1.165) is 30.0 Å². The molecule has 33 heavy (non-hydrogen) atoms. The minimum absolute atomic E-state index is 0.0337. The monoisotopic (exact) mass is 441 g/mol. The van der Waals surface area contributed by atoms with Crippen LogP contribution in [0.15, 0.2) is 65.7 Å². The van der Waals surface area contributed by atoms with Gasteiger partial charge in [0.05, 0.1) is 12.2 Å². The molecule has 3 heterocycles. The number of benzene rings is 2. The second kappa shape index (κ2) is 8.74. The summed E-state index contributed by atoms with van der Waals surface area (Å²) < 4.78 is 2.21. The maximum absolute atomic E-state index is 12.5. The largest absolute Gasteiger partial charge is 0.360 e. The SMILES string of the molecule is O=C(CNC(=O)c1c[nH]c2ccccc2c1=O)Nc1ccc(-c2cn3c(n2)CCCC3)cc1. The minimum Gasteiger partial charge on any atom is -0.360 e. The van der Waals surface area contributed by atoms with Crippen molar-refractivity contribution in [2.75, 3.05) is 11.9 Å². The number of rotatable bonds is 5. The van der Waals surface area contributed by atoms with Crippen molar-refractivity contribution in [3.05, 3.63) is 82.5 Å². The fourth-order valence-corrected chi connectivity index (χ4v) is 4.07. The summed E-state index contributed by atoms with van der Waals surface area (Å²) in [4.78, 5) is 44.9. The molecule has 0 saturated carbocycles. The zero-order valence-electron chi connectivity index (χ0n) is 17.9. The van der Waals surface area contributed by atoms with Gasteiger partial charge in [0.15, 0.2) is 0 Å². The third kappa shape index (κ3) is 4.27. The molecule has 3 N–H and O–H groups in total. The first-order valence-electron chi connectivity index (χ1n) is 10.9. The standard InChI is InChI=1S/C25H23N5O3/c31-23(14-27-25(33)19-13-26-20-6-2-1-5-18(20)24(19)32)28-17-10-8-16(9-11-17)21-15-30-12-4-3-7-22(30)29-21/h1-2,5-6,8-11,13,15H,3-4,7,12,14H2,(H,26,32)(H,27,33)(H,28,31). The van der Waals surface area contributed by atoms with Crippen LogP contribution in [0.4, 0.5) is 5.69 Å². The Kier molecular flexibility index (Phi) is 5.48. The van der Waals surface area contributed by atoms with Crippen molar-refractivity contribution in [2.45, 2.75) is 25.8 Å². The number of imidazole rings is 1. The molecule has 4 aromatic rings. The number of carbonyl (C=O) groups is 2. The number of amides is 2. The topological polar surface area (TPSA) is 109 Å². The van der Waals surface area contributed by atoms with Gasteiger partial charge in [0, 0.05) is 47.5 Å². The van der Waals surface area contributed by atoms with Crippen molar-refractivity contribution < 1.29 is 9.59 Å². The number of fused-ring (bicyclic) bond motifs is 2. The van der Waals surface area contributed by atoms with Crippen LogP contribution in [-0.4, -0.2) is 32.9 Å². The smallest absolute Gasteiger partial charge is 0.257 e. The van der Waals surface area contributed by atoms with E-state index in [-0.39, 0.29) is 23.4 Å². The van der Waals surface area contributed by atoms with Crippen LogP contribution < -0.4 is 16.1 Å². The third-order valence-corrected chi connectivity index (χ3v) is 5.82. The Morgan fingerprint density at radius 2 is 1.88 bits per heavy atom. The van der Waals surface area contributed by atoms with Crippen LogP contribution >= 0.6 is 0 Å². The first-order valence-corrected chi connectivity index (χ1v) is 10.9. The number of nitrogens with one attached hydrogen (secondary N) is 3. The van der Waals surface area contributed by atoms with Gasteiger partial charge in [-0.3, -0.25) is 14.4 Å². The molecule has 2 aromatic heterocycles. The highest BCUT2D eigenvalue weighted by Crippen LogP contribution is 2.24. The van der Waals surface area contributed by atoms with Crippen LogP contribution in [-0.2, 0) is 17.8 Å². The summed E-state index contributed by atoms with van der Waals surface area (Å²) in [5.41, 5.74) is 2.77. The summed E-state index contributed by atoms with van der Waals surface area (Å²) in [6.07, 6.45) is 6.80. The highest BCUT2D eigenvalue weighted by atomic mass is 16.2. The molecule has 8 heteroatoms. The summed E-state index contributed by atoms with van der Waals surface area (Å²) in [5.74, 6) is 0.136. The Balaban J connectivity index is 1.20. The van der Waals surface area contributed by atoms with E-state index in [0.29, 0.717) is 16.6 Å². The zero-order valence-corrected chi connectivity index (χ0v) is 17.9. The quantitative estimate of drug-likeness (QED) is 0.442. The van der Waals surface area contributed by atoms with Gasteiger partial charge in [-0.2, -0.15) is 0 Å². The summed E-state index contributed by atoms with van der Waals surface area (Å²) in [6, 6.07) is 14.4. The van der Waals surface area contributed by atoms with Gasteiger partial charge in [0.1, 0.15) is 11.4 Å². The van der Waals surface area contributed by atoms with E-state index in [4.69, 9.17) is 4.98 Å². The molecule has 0 atom stereocenters. The van der Waals surface area contributed by atoms with Gasteiger partial charge in [-0.05, 0) is 37.1 Å². The molecule has 0 bridgehead atoms. The van der Waals surface area contributed by atoms with Gasteiger partial charge in [0.2, 0.25) is 11.3 Å². The van der Waals surface area contributed by atoms with Gasteiger partial charge in [-0.1, -0.05) is 24.3 Å². The molecule has 0 fully saturated rings. The summed E-state index contributed by atoms with van der Waals surface area (Å²) in [7, 11) is 0. The van der Waals surface area contributed by atoms with Gasteiger partial charge >= 0.3 is 0 Å². The van der Waals surface area contributed by atoms with E-state index in [1.54, 1.807) is 36.4 Å². The van der Waals surface area contributed by atoms with Crippen LogP contribution in [0.3, 0.4) is 0 Å². The van der Waals surface area contributed by atoms with Crippen molar-refractivity contribution in [3.63, 3.8) is 0 Å². The number of para-hydroxylation sites is 1. The molecule has 0 unspecified atom stereocenters. The van der Waals surface area contributed by atoms with E-state index >= 15 is 0 Å². The van der Waals surface area contributed by atoms with Gasteiger partial charge in [-0.25, -0.2) is 4.98 Å². The molecular formula is C25H23N5O3. The molecule has 2 amide bonds. The lowest BCUT2D eigenvalue weighted by atomic mass is 10.1. The van der Waals surface area contributed by atoms with Crippen LogP contribution in [0.1, 0.15) is 29.0 Å². The number of aromatic nitrogens is 3. The highest BCUT2D eigenvalue weighted by molar-refractivity contribution is 6.00. The van der Waals surface area contributed by atoms with Crippen LogP contribution in [0, 0.1) is 0 Å². The number of carbonyl (C=O) groups excluding carboxylic acids is 2. The summed E-state index contributed by atoms with van der Waals surface area (Å²) in [6.45, 7) is 0.758. The molecule has 1 aliphatic rings. The normalized spacial score (nSPS) is 12.8. The predicted octanol–water partition coefficient (Wildman–Crippen LogP) is 3.10. The second-order valence-electron chi connectivity index (χ2n) is 8.08.